The zero-order chi connectivity index (χ0) is 14.1. The molecule has 20 heavy (non-hydrogen) atoms. The molecule has 2 fully saturated rings. The van der Waals surface area contributed by atoms with Gasteiger partial charge in [0.2, 0.25) is 0 Å². The van der Waals surface area contributed by atoms with Crippen molar-refractivity contribution in [3.8, 4) is 5.75 Å². The topological polar surface area (TPSA) is 46.6 Å². The number of hydrogen-bond donors (Lipinski definition) is 1. The molecular weight excluding hydrogens is 292 g/mol. The van der Waals surface area contributed by atoms with Crippen molar-refractivity contribution < 1.29 is 18.3 Å². The summed E-state index contributed by atoms with van der Waals surface area (Å²) in [7, 11) is 0. The van der Waals surface area contributed by atoms with Gasteiger partial charge in [-0.25, -0.2) is 4.98 Å². The number of hydrogen-bond acceptors (Lipinski definition) is 5. The second-order valence-electron chi connectivity index (χ2n) is 4.80. The van der Waals surface area contributed by atoms with Crippen molar-refractivity contribution >= 4 is 17.3 Å². The summed E-state index contributed by atoms with van der Waals surface area (Å²) in [6.45, 7) is 0.0165. The summed E-state index contributed by atoms with van der Waals surface area (Å²) in [5, 5.41) is 3.23. The Morgan fingerprint density at radius 1 is 1.40 bits per heavy atom. The Balaban J connectivity index is 1.79. The molecule has 0 spiro atoms. The zero-order valence-corrected chi connectivity index (χ0v) is 11.3. The monoisotopic (exact) mass is 305 g/mol. The highest BCUT2D eigenvalue weighted by atomic mass is 35.5. The van der Waals surface area contributed by atoms with Gasteiger partial charge >= 0.3 is 6.61 Å². The first-order valence-electron chi connectivity index (χ1n) is 6.33. The summed E-state index contributed by atoms with van der Waals surface area (Å²) < 4.78 is 34.8. The molecule has 2 unspecified atom stereocenters. The average molecular weight is 306 g/mol. The van der Waals surface area contributed by atoms with Crippen LogP contribution < -0.4 is 15.0 Å². The molecule has 0 aromatic carbocycles. The molecule has 2 aliphatic rings. The Hall–Kier alpha value is -1.18. The lowest BCUT2D eigenvalue weighted by Crippen LogP contribution is -2.58. The van der Waals surface area contributed by atoms with Gasteiger partial charge in [0.15, 0.2) is 10.9 Å². The fourth-order valence-electron chi connectivity index (χ4n) is 2.53. The van der Waals surface area contributed by atoms with Crippen LogP contribution in [0.25, 0.3) is 0 Å². The van der Waals surface area contributed by atoms with Crippen LogP contribution in [0.15, 0.2) is 12.3 Å². The lowest BCUT2D eigenvalue weighted by Gasteiger charge is -2.42. The highest BCUT2D eigenvalue weighted by Gasteiger charge is 2.31. The molecular formula is C12H14ClF2N3O2. The van der Waals surface area contributed by atoms with Crippen LogP contribution in [-0.4, -0.2) is 50.0 Å². The summed E-state index contributed by atoms with van der Waals surface area (Å²) in [4.78, 5) is 5.97. The van der Waals surface area contributed by atoms with E-state index < -0.39 is 6.61 Å². The first-order chi connectivity index (χ1) is 9.61. The fraction of sp³-hybridized carbons (Fsp3) is 0.583. The number of morpholine rings is 2. The predicted molar refractivity (Wildman–Crippen MR) is 69.6 cm³/mol. The Morgan fingerprint density at radius 3 is 2.75 bits per heavy atom. The summed E-state index contributed by atoms with van der Waals surface area (Å²) in [5.74, 6) is -0.103. The number of ether oxygens (including phenoxy) is 2. The minimum absolute atomic E-state index is 0.0656. The molecule has 0 aliphatic carbocycles. The smallest absolute Gasteiger partial charge is 0.387 e. The molecule has 2 atom stereocenters. The van der Waals surface area contributed by atoms with Crippen LogP contribution in [0.2, 0.25) is 5.15 Å². The van der Waals surface area contributed by atoms with Crippen molar-refractivity contribution in [1.29, 1.82) is 0 Å². The Kier molecular flexibility index (Phi) is 3.91. The van der Waals surface area contributed by atoms with Crippen LogP contribution in [0.3, 0.4) is 0 Å². The van der Waals surface area contributed by atoms with E-state index in [4.69, 9.17) is 16.3 Å². The number of rotatable bonds is 3. The SMILES string of the molecule is FC(F)Oc1cc(N2CC3CNCC(C2)O3)cnc1Cl. The van der Waals surface area contributed by atoms with Crippen LogP contribution in [-0.2, 0) is 4.74 Å². The number of nitrogens with one attached hydrogen (secondary N) is 1. The third-order valence-corrected chi connectivity index (χ3v) is 3.63. The summed E-state index contributed by atoms with van der Waals surface area (Å²) in [6, 6.07) is 1.50. The molecule has 0 radical (unpaired) electrons. The molecule has 0 amide bonds. The van der Waals surface area contributed by atoms with Crippen molar-refractivity contribution in [2.45, 2.75) is 18.8 Å². The van der Waals surface area contributed by atoms with E-state index in [1.807, 2.05) is 0 Å². The highest BCUT2D eigenvalue weighted by molar-refractivity contribution is 6.30. The van der Waals surface area contributed by atoms with Crippen molar-refractivity contribution in [1.82, 2.24) is 10.3 Å². The van der Waals surface area contributed by atoms with Gasteiger partial charge in [-0.15, -0.1) is 0 Å². The van der Waals surface area contributed by atoms with Gasteiger partial charge in [-0.2, -0.15) is 8.78 Å². The molecule has 2 bridgehead atoms. The quantitative estimate of drug-likeness (QED) is 0.858. The van der Waals surface area contributed by atoms with E-state index in [0.717, 1.165) is 13.1 Å². The van der Waals surface area contributed by atoms with Crippen LogP contribution in [0, 0.1) is 0 Å². The Morgan fingerprint density at radius 2 is 2.10 bits per heavy atom. The number of nitrogens with zero attached hydrogens (tertiary/aromatic N) is 2. The molecule has 8 heteroatoms. The van der Waals surface area contributed by atoms with Gasteiger partial charge in [-0.1, -0.05) is 11.6 Å². The van der Waals surface area contributed by atoms with Gasteiger partial charge < -0.3 is 19.7 Å². The molecule has 2 aliphatic heterocycles. The molecule has 2 saturated heterocycles. The van der Waals surface area contributed by atoms with Gasteiger partial charge in [0.1, 0.15) is 0 Å². The predicted octanol–water partition coefficient (Wildman–Crippen LogP) is 1.51. The number of alkyl halides is 2. The highest BCUT2D eigenvalue weighted by Crippen LogP contribution is 2.30. The molecule has 1 aromatic rings. The zero-order valence-electron chi connectivity index (χ0n) is 10.6. The molecule has 3 heterocycles. The maximum atomic E-state index is 12.3. The van der Waals surface area contributed by atoms with Gasteiger partial charge in [-0.3, -0.25) is 0 Å². The van der Waals surface area contributed by atoms with Crippen molar-refractivity contribution in [2.75, 3.05) is 31.1 Å². The molecule has 1 aromatic heterocycles. The van der Waals surface area contributed by atoms with Gasteiger partial charge in [-0.05, 0) is 0 Å². The van der Waals surface area contributed by atoms with Gasteiger partial charge in [0, 0.05) is 32.2 Å². The van der Waals surface area contributed by atoms with Gasteiger partial charge in [0.05, 0.1) is 24.1 Å². The van der Waals surface area contributed by atoms with Crippen molar-refractivity contribution in [2.24, 2.45) is 0 Å². The standard InChI is InChI=1S/C12H14ClF2N3O2/c13-11-10(20-12(14)15)1-7(2-17-11)18-5-8-3-16-4-9(6-18)19-8/h1-2,8-9,12,16H,3-6H2. The summed E-state index contributed by atoms with van der Waals surface area (Å²) >= 11 is 5.75. The fourth-order valence-corrected chi connectivity index (χ4v) is 2.68. The average Bonchev–Trinajstić information content (AvgIpc) is 2.40. The van der Waals surface area contributed by atoms with Crippen LogP contribution in [0.5, 0.6) is 5.75 Å². The van der Waals surface area contributed by atoms with E-state index in [0.29, 0.717) is 18.8 Å². The van der Waals surface area contributed by atoms with Crippen LogP contribution >= 0.6 is 11.6 Å². The van der Waals surface area contributed by atoms with E-state index in [9.17, 15) is 8.78 Å². The molecule has 3 rings (SSSR count). The minimum atomic E-state index is -2.92. The van der Waals surface area contributed by atoms with Crippen molar-refractivity contribution in [3.63, 3.8) is 0 Å². The number of pyridine rings is 1. The lowest BCUT2D eigenvalue weighted by atomic mass is 10.1. The third-order valence-electron chi connectivity index (χ3n) is 3.35. The number of fused-ring (bicyclic) bond motifs is 2. The molecule has 5 nitrogen and oxygen atoms in total. The number of aromatic nitrogens is 1. The molecule has 110 valence electrons. The van der Waals surface area contributed by atoms with Crippen LogP contribution in [0.4, 0.5) is 14.5 Å². The number of anilines is 1. The van der Waals surface area contributed by atoms with Crippen LogP contribution in [0.1, 0.15) is 0 Å². The minimum Gasteiger partial charge on any atom is -0.431 e. The summed E-state index contributed by atoms with van der Waals surface area (Å²) in [5.41, 5.74) is 0.713. The van der Waals surface area contributed by atoms with E-state index in [-0.39, 0.29) is 23.1 Å². The Bertz CT molecular complexity index is 480. The molecule has 1 N–H and O–H groups in total. The first kappa shape index (κ1) is 13.8. The lowest BCUT2D eigenvalue weighted by molar-refractivity contribution is -0.0510. The Labute approximate surface area is 119 Å². The second kappa shape index (κ2) is 5.67. The number of halogens is 3. The largest absolute Gasteiger partial charge is 0.431 e. The van der Waals surface area contributed by atoms with E-state index >= 15 is 0 Å². The third kappa shape index (κ3) is 2.94. The molecule has 0 saturated carbocycles. The van der Waals surface area contributed by atoms with E-state index in [2.05, 4.69) is 19.9 Å². The van der Waals surface area contributed by atoms with Gasteiger partial charge in [0.25, 0.3) is 0 Å². The second-order valence-corrected chi connectivity index (χ2v) is 5.16. The maximum absolute atomic E-state index is 12.3. The van der Waals surface area contributed by atoms with E-state index in [1.54, 1.807) is 6.20 Å². The maximum Gasteiger partial charge on any atom is 0.387 e. The van der Waals surface area contributed by atoms with Crippen molar-refractivity contribution in [3.05, 3.63) is 17.4 Å². The summed E-state index contributed by atoms with van der Waals surface area (Å²) in [6.07, 6.45) is 1.75. The van der Waals surface area contributed by atoms with E-state index in [1.165, 1.54) is 6.07 Å². The first-order valence-corrected chi connectivity index (χ1v) is 6.71. The normalized spacial score (nSPS) is 25.9.